The number of methoxy groups -OCH3 is 1. The Morgan fingerprint density at radius 3 is 2.32 bits per heavy atom. The Labute approximate surface area is 224 Å². The van der Waals surface area contributed by atoms with Crippen molar-refractivity contribution in [3.63, 3.8) is 0 Å². The SMILES string of the molecule is CCCN(CC(=O)Nc1cc(C(C)(C)C)nn1-c1ccc(OC)cc1)S(=O)(=O)c1ccc2ccccc2c1. The number of hydrogen-bond donors (Lipinski definition) is 1. The summed E-state index contributed by atoms with van der Waals surface area (Å²) in [6.07, 6.45) is 0.568. The van der Waals surface area contributed by atoms with Crippen molar-refractivity contribution in [3.8, 4) is 11.4 Å². The van der Waals surface area contributed by atoms with Crippen LogP contribution in [0.4, 0.5) is 5.82 Å². The summed E-state index contributed by atoms with van der Waals surface area (Å²) in [5, 5.41) is 9.40. The van der Waals surface area contributed by atoms with Gasteiger partial charge < -0.3 is 10.1 Å². The molecule has 0 spiro atoms. The normalized spacial score (nSPS) is 12.2. The monoisotopic (exact) mass is 534 g/mol. The van der Waals surface area contributed by atoms with E-state index >= 15 is 0 Å². The van der Waals surface area contributed by atoms with Gasteiger partial charge in [0.15, 0.2) is 0 Å². The molecule has 1 N–H and O–H groups in total. The topological polar surface area (TPSA) is 93.5 Å². The first-order valence-electron chi connectivity index (χ1n) is 12.6. The first-order chi connectivity index (χ1) is 18.0. The number of nitrogens with one attached hydrogen (secondary N) is 1. The van der Waals surface area contributed by atoms with E-state index in [1.165, 1.54) is 4.31 Å². The zero-order chi connectivity index (χ0) is 27.5. The van der Waals surface area contributed by atoms with Crippen LogP contribution in [0.1, 0.15) is 39.8 Å². The summed E-state index contributed by atoms with van der Waals surface area (Å²) >= 11 is 0. The Bertz CT molecular complexity index is 1540. The molecule has 0 unspecified atom stereocenters. The van der Waals surface area contributed by atoms with Crippen molar-refractivity contribution in [1.82, 2.24) is 14.1 Å². The van der Waals surface area contributed by atoms with Gasteiger partial charge in [-0.15, -0.1) is 0 Å². The number of aromatic nitrogens is 2. The van der Waals surface area contributed by atoms with Gasteiger partial charge in [-0.3, -0.25) is 4.79 Å². The lowest BCUT2D eigenvalue weighted by Crippen LogP contribution is -2.38. The molecule has 4 aromatic rings. The van der Waals surface area contributed by atoms with E-state index in [1.54, 1.807) is 30.0 Å². The summed E-state index contributed by atoms with van der Waals surface area (Å²) in [6.45, 7) is 7.90. The van der Waals surface area contributed by atoms with Crippen molar-refractivity contribution in [2.75, 3.05) is 25.5 Å². The molecule has 0 bridgehead atoms. The van der Waals surface area contributed by atoms with Crippen molar-refractivity contribution in [3.05, 3.63) is 78.5 Å². The molecule has 0 radical (unpaired) electrons. The fraction of sp³-hybridized carbons (Fsp3) is 0.310. The predicted octanol–water partition coefficient (Wildman–Crippen LogP) is 5.37. The maximum absolute atomic E-state index is 13.6. The highest BCUT2D eigenvalue weighted by atomic mass is 32.2. The lowest BCUT2D eigenvalue weighted by molar-refractivity contribution is -0.116. The second kappa shape index (κ2) is 11.0. The van der Waals surface area contributed by atoms with Gasteiger partial charge in [0, 0.05) is 18.0 Å². The van der Waals surface area contributed by atoms with Crippen molar-refractivity contribution < 1.29 is 17.9 Å². The minimum Gasteiger partial charge on any atom is -0.497 e. The molecular weight excluding hydrogens is 500 g/mol. The van der Waals surface area contributed by atoms with Crippen molar-refractivity contribution >= 4 is 32.5 Å². The van der Waals surface area contributed by atoms with Crippen LogP contribution < -0.4 is 10.1 Å². The molecule has 0 fully saturated rings. The number of hydrogen-bond acceptors (Lipinski definition) is 5. The van der Waals surface area contributed by atoms with Crippen molar-refractivity contribution in [2.45, 2.75) is 44.4 Å². The molecule has 38 heavy (non-hydrogen) atoms. The van der Waals surface area contributed by atoms with Crippen LogP contribution in [-0.4, -0.2) is 48.6 Å². The Kier molecular flexibility index (Phi) is 7.89. The highest BCUT2D eigenvalue weighted by Gasteiger charge is 2.27. The van der Waals surface area contributed by atoms with Crippen LogP contribution >= 0.6 is 0 Å². The predicted molar refractivity (Wildman–Crippen MR) is 150 cm³/mol. The van der Waals surface area contributed by atoms with E-state index in [0.717, 1.165) is 22.2 Å². The molecule has 0 saturated heterocycles. The maximum Gasteiger partial charge on any atom is 0.243 e. The van der Waals surface area contributed by atoms with Gasteiger partial charge in [0.1, 0.15) is 11.6 Å². The molecule has 0 aliphatic carbocycles. The molecule has 0 aliphatic rings. The van der Waals surface area contributed by atoms with Gasteiger partial charge >= 0.3 is 0 Å². The van der Waals surface area contributed by atoms with Gasteiger partial charge in [-0.1, -0.05) is 58.0 Å². The Morgan fingerprint density at radius 2 is 1.68 bits per heavy atom. The van der Waals surface area contributed by atoms with Crippen LogP contribution in [0.5, 0.6) is 5.75 Å². The largest absolute Gasteiger partial charge is 0.497 e. The van der Waals surface area contributed by atoms with Crippen LogP contribution in [-0.2, 0) is 20.2 Å². The van der Waals surface area contributed by atoms with E-state index in [4.69, 9.17) is 9.84 Å². The summed E-state index contributed by atoms with van der Waals surface area (Å²) < 4.78 is 35.2. The molecular formula is C29H34N4O4S. The number of anilines is 1. The third-order valence-corrected chi connectivity index (χ3v) is 8.06. The molecule has 1 aromatic heterocycles. The maximum atomic E-state index is 13.6. The molecule has 0 aliphatic heterocycles. The molecule has 0 atom stereocenters. The average molecular weight is 535 g/mol. The lowest BCUT2D eigenvalue weighted by atomic mass is 9.92. The number of carbonyl (C=O) groups excluding carboxylic acids is 1. The van der Waals surface area contributed by atoms with Crippen LogP contribution in [0.2, 0.25) is 0 Å². The molecule has 1 amide bonds. The van der Waals surface area contributed by atoms with E-state index in [1.807, 2.05) is 82.3 Å². The number of fused-ring (bicyclic) bond motifs is 1. The van der Waals surface area contributed by atoms with E-state index in [2.05, 4.69) is 5.32 Å². The molecule has 9 heteroatoms. The van der Waals surface area contributed by atoms with Crippen molar-refractivity contribution in [2.24, 2.45) is 0 Å². The Morgan fingerprint density at radius 1 is 1.00 bits per heavy atom. The van der Waals surface area contributed by atoms with Gasteiger partial charge in [-0.2, -0.15) is 9.40 Å². The van der Waals surface area contributed by atoms with Crippen LogP contribution in [0, 0.1) is 0 Å². The minimum atomic E-state index is -3.89. The summed E-state index contributed by atoms with van der Waals surface area (Å²) in [6, 6.07) is 21.8. The molecule has 4 rings (SSSR count). The van der Waals surface area contributed by atoms with Crippen LogP contribution in [0.25, 0.3) is 16.5 Å². The van der Waals surface area contributed by atoms with Gasteiger partial charge in [0.25, 0.3) is 0 Å². The van der Waals surface area contributed by atoms with Crippen LogP contribution in [0.3, 0.4) is 0 Å². The van der Waals surface area contributed by atoms with Gasteiger partial charge in [-0.25, -0.2) is 13.1 Å². The third kappa shape index (κ3) is 5.89. The first kappa shape index (κ1) is 27.3. The van der Waals surface area contributed by atoms with Gasteiger partial charge in [0.05, 0.1) is 29.9 Å². The standard InChI is InChI=1S/C29H34N4O4S/c1-6-17-32(38(35,36)25-16-11-21-9-7-8-10-22(21)18-25)20-28(34)30-27-19-26(29(2,3)4)31-33(27)23-12-14-24(37-5)15-13-23/h7-16,18-19H,6,17,20H2,1-5H3,(H,30,34). The quantitative estimate of drug-likeness (QED) is 0.312. The van der Waals surface area contributed by atoms with E-state index in [0.29, 0.717) is 18.0 Å². The summed E-state index contributed by atoms with van der Waals surface area (Å²) in [7, 11) is -2.30. The Hall–Kier alpha value is -3.69. The highest BCUT2D eigenvalue weighted by Crippen LogP contribution is 2.27. The van der Waals surface area contributed by atoms with Crippen LogP contribution in [0.15, 0.2) is 77.7 Å². The first-order valence-corrected chi connectivity index (χ1v) is 14.0. The average Bonchev–Trinajstić information content (AvgIpc) is 3.32. The zero-order valence-corrected chi connectivity index (χ0v) is 23.2. The van der Waals surface area contributed by atoms with Crippen molar-refractivity contribution in [1.29, 1.82) is 0 Å². The number of nitrogens with zero attached hydrogens (tertiary/aromatic N) is 3. The van der Waals surface area contributed by atoms with Gasteiger partial charge in [-0.05, 0) is 53.6 Å². The summed E-state index contributed by atoms with van der Waals surface area (Å²) in [5.74, 6) is 0.721. The molecule has 8 nitrogen and oxygen atoms in total. The zero-order valence-electron chi connectivity index (χ0n) is 22.4. The fourth-order valence-electron chi connectivity index (χ4n) is 4.11. The van der Waals surface area contributed by atoms with E-state index < -0.39 is 15.9 Å². The number of sulfonamides is 1. The molecule has 200 valence electrons. The number of amides is 1. The summed E-state index contributed by atoms with van der Waals surface area (Å²) in [5.41, 5.74) is 1.27. The Balaban J connectivity index is 1.62. The molecule has 0 saturated carbocycles. The number of rotatable bonds is 9. The molecule has 1 heterocycles. The minimum absolute atomic E-state index is 0.163. The lowest BCUT2D eigenvalue weighted by Gasteiger charge is -2.21. The van der Waals surface area contributed by atoms with Gasteiger partial charge in [0.2, 0.25) is 15.9 Å². The summed E-state index contributed by atoms with van der Waals surface area (Å²) in [4.78, 5) is 13.4. The molecule has 3 aromatic carbocycles. The second-order valence-corrected chi connectivity index (χ2v) is 12.1. The number of benzene rings is 3. The second-order valence-electron chi connectivity index (χ2n) is 10.2. The van der Waals surface area contributed by atoms with E-state index in [9.17, 15) is 13.2 Å². The van der Waals surface area contributed by atoms with E-state index in [-0.39, 0.29) is 23.4 Å². The third-order valence-electron chi connectivity index (χ3n) is 6.21. The smallest absolute Gasteiger partial charge is 0.243 e. The fourth-order valence-corrected chi connectivity index (χ4v) is 5.63. The number of carbonyl (C=O) groups is 1. The highest BCUT2D eigenvalue weighted by molar-refractivity contribution is 7.89. The number of ether oxygens (including phenoxy) is 1.